The molecule has 0 aliphatic carbocycles. The average Bonchev–Trinajstić information content (AvgIpc) is 2.46. The molecule has 0 aromatic heterocycles. The van der Waals surface area contributed by atoms with Crippen molar-refractivity contribution in [1.82, 2.24) is 0 Å². The van der Waals surface area contributed by atoms with Crippen LogP contribution in [-0.2, 0) is 6.18 Å². The fourth-order valence-corrected chi connectivity index (χ4v) is 2.16. The minimum atomic E-state index is -4.75. The number of methoxy groups -OCH3 is 1. The first kappa shape index (κ1) is 15.6. The summed E-state index contributed by atoms with van der Waals surface area (Å²) >= 11 is 6.17. The average molecular weight is 319 g/mol. The second-order valence-corrected chi connectivity index (χ2v) is 4.81. The second-order valence-electron chi connectivity index (χ2n) is 4.37. The summed E-state index contributed by atoms with van der Waals surface area (Å²) in [5, 5.41) is -0.808. The van der Waals surface area contributed by atoms with E-state index in [0.29, 0.717) is 11.3 Å². The van der Waals surface area contributed by atoms with Crippen molar-refractivity contribution in [1.29, 1.82) is 0 Å². The Morgan fingerprint density at radius 1 is 1.00 bits per heavy atom. The smallest absolute Gasteiger partial charge is 0.419 e. The molecule has 21 heavy (non-hydrogen) atoms. The van der Waals surface area contributed by atoms with E-state index in [4.69, 9.17) is 16.3 Å². The first-order valence-corrected chi connectivity index (χ1v) is 6.41. The van der Waals surface area contributed by atoms with Gasteiger partial charge in [-0.1, -0.05) is 18.2 Å². The normalized spacial score (nSPS) is 13.0. The van der Waals surface area contributed by atoms with E-state index in [2.05, 4.69) is 0 Å². The third-order valence-corrected chi connectivity index (χ3v) is 3.50. The van der Waals surface area contributed by atoms with Gasteiger partial charge in [0, 0.05) is 0 Å². The first-order valence-electron chi connectivity index (χ1n) is 5.97. The molecule has 6 heteroatoms. The van der Waals surface area contributed by atoms with Crippen LogP contribution < -0.4 is 4.74 Å². The molecule has 112 valence electrons. The van der Waals surface area contributed by atoms with Gasteiger partial charge in [-0.05, 0) is 35.4 Å². The van der Waals surface area contributed by atoms with Gasteiger partial charge in [-0.2, -0.15) is 13.2 Å². The molecule has 0 bridgehead atoms. The largest absolute Gasteiger partial charge is 0.497 e. The highest BCUT2D eigenvalue weighted by Gasteiger charge is 2.34. The van der Waals surface area contributed by atoms with Crippen molar-refractivity contribution >= 4 is 11.6 Å². The highest BCUT2D eigenvalue weighted by molar-refractivity contribution is 6.22. The summed E-state index contributed by atoms with van der Waals surface area (Å²) in [4.78, 5) is 0. The van der Waals surface area contributed by atoms with E-state index in [0.717, 1.165) is 12.1 Å². The number of hydrogen-bond donors (Lipinski definition) is 0. The zero-order chi connectivity index (χ0) is 15.6. The predicted molar refractivity (Wildman–Crippen MR) is 72.1 cm³/mol. The predicted octanol–water partition coefficient (Wildman–Crippen LogP) is 5.18. The van der Waals surface area contributed by atoms with Gasteiger partial charge in [0.15, 0.2) is 0 Å². The van der Waals surface area contributed by atoms with Gasteiger partial charge >= 0.3 is 6.18 Å². The quantitative estimate of drug-likeness (QED) is 0.559. The van der Waals surface area contributed by atoms with Crippen molar-refractivity contribution in [3.63, 3.8) is 0 Å². The monoisotopic (exact) mass is 318 g/mol. The van der Waals surface area contributed by atoms with E-state index in [1.54, 1.807) is 24.3 Å². The van der Waals surface area contributed by atoms with Gasteiger partial charge < -0.3 is 4.74 Å². The molecule has 0 saturated carbocycles. The van der Waals surface area contributed by atoms with Crippen LogP contribution in [0.3, 0.4) is 0 Å². The molecular formula is C15H11ClF4O. The second kappa shape index (κ2) is 5.93. The van der Waals surface area contributed by atoms with Gasteiger partial charge in [0.05, 0.1) is 18.1 Å². The highest BCUT2D eigenvalue weighted by Crippen LogP contribution is 2.36. The van der Waals surface area contributed by atoms with Crippen molar-refractivity contribution in [2.75, 3.05) is 7.11 Å². The van der Waals surface area contributed by atoms with Gasteiger partial charge in [0.2, 0.25) is 0 Å². The Morgan fingerprint density at radius 3 is 2.10 bits per heavy atom. The van der Waals surface area contributed by atoms with Crippen LogP contribution in [0.1, 0.15) is 22.1 Å². The van der Waals surface area contributed by atoms with E-state index in [9.17, 15) is 17.6 Å². The lowest BCUT2D eigenvalue weighted by atomic mass is 10.0. The minimum Gasteiger partial charge on any atom is -0.497 e. The van der Waals surface area contributed by atoms with Crippen LogP contribution in [0.25, 0.3) is 0 Å². The summed E-state index contributed by atoms with van der Waals surface area (Å²) in [7, 11) is 1.50. The lowest BCUT2D eigenvalue weighted by Gasteiger charge is -2.14. The summed E-state index contributed by atoms with van der Waals surface area (Å²) < 4.78 is 56.3. The maximum Gasteiger partial charge on any atom is 0.419 e. The summed E-state index contributed by atoms with van der Waals surface area (Å²) in [5.41, 5.74) is -0.549. The van der Waals surface area contributed by atoms with Gasteiger partial charge in [-0.3, -0.25) is 0 Å². The van der Waals surface area contributed by atoms with Gasteiger partial charge in [0.25, 0.3) is 0 Å². The SMILES string of the molecule is COc1ccc(C(Cl)c2ccc(F)c(C(F)(F)F)c2)cc1. The Labute approximate surface area is 124 Å². The number of hydrogen-bond acceptors (Lipinski definition) is 1. The molecule has 0 aliphatic rings. The van der Waals surface area contributed by atoms with Crippen molar-refractivity contribution in [3.8, 4) is 5.75 Å². The van der Waals surface area contributed by atoms with Crippen LogP contribution in [0.4, 0.5) is 17.6 Å². The molecule has 0 radical (unpaired) electrons. The van der Waals surface area contributed by atoms with Crippen molar-refractivity contribution in [2.45, 2.75) is 11.6 Å². The Bertz CT molecular complexity index is 623. The lowest BCUT2D eigenvalue weighted by molar-refractivity contribution is -0.140. The first-order chi connectivity index (χ1) is 9.82. The number of alkyl halides is 4. The molecule has 0 fully saturated rings. The Morgan fingerprint density at radius 2 is 1.57 bits per heavy atom. The standard InChI is InChI=1S/C15H11ClF4O/c1-21-11-5-2-9(3-6-11)14(16)10-4-7-13(17)12(8-10)15(18,19)20/h2-8,14H,1H3. The fraction of sp³-hybridized carbons (Fsp3) is 0.200. The van der Waals surface area contributed by atoms with E-state index in [-0.39, 0.29) is 5.56 Å². The Kier molecular flexibility index (Phi) is 4.42. The maximum absolute atomic E-state index is 13.3. The van der Waals surface area contributed by atoms with Gasteiger partial charge in [0.1, 0.15) is 11.6 Å². The molecule has 1 atom stereocenters. The summed E-state index contributed by atoms with van der Waals surface area (Å²) in [6.07, 6.45) is -4.75. The van der Waals surface area contributed by atoms with Crippen LogP contribution in [0.5, 0.6) is 5.75 Å². The molecule has 0 spiro atoms. The fourth-order valence-electron chi connectivity index (χ4n) is 1.88. The molecule has 1 unspecified atom stereocenters. The molecule has 1 nitrogen and oxygen atoms in total. The van der Waals surface area contributed by atoms with Gasteiger partial charge in [-0.25, -0.2) is 4.39 Å². The minimum absolute atomic E-state index is 0.176. The molecule has 2 aromatic carbocycles. The molecule has 2 aromatic rings. The third-order valence-electron chi connectivity index (χ3n) is 3.00. The van der Waals surface area contributed by atoms with Crippen LogP contribution in [0.2, 0.25) is 0 Å². The van der Waals surface area contributed by atoms with Crippen LogP contribution in [0.15, 0.2) is 42.5 Å². The number of benzene rings is 2. The molecule has 0 N–H and O–H groups in total. The Balaban J connectivity index is 2.36. The molecule has 0 amide bonds. The number of ether oxygens (including phenoxy) is 1. The highest BCUT2D eigenvalue weighted by atomic mass is 35.5. The van der Waals surface area contributed by atoms with Gasteiger partial charge in [-0.15, -0.1) is 11.6 Å². The van der Waals surface area contributed by atoms with E-state index >= 15 is 0 Å². The molecule has 0 saturated heterocycles. The topological polar surface area (TPSA) is 9.23 Å². The third kappa shape index (κ3) is 3.47. The molecule has 0 aliphatic heterocycles. The van der Waals surface area contributed by atoms with Crippen molar-refractivity contribution in [3.05, 3.63) is 65.0 Å². The molecular weight excluding hydrogens is 308 g/mol. The van der Waals surface area contributed by atoms with Crippen molar-refractivity contribution < 1.29 is 22.3 Å². The summed E-state index contributed by atoms with van der Waals surface area (Å²) in [6.45, 7) is 0. The molecule has 2 rings (SSSR count). The zero-order valence-corrected chi connectivity index (χ0v) is 11.7. The van der Waals surface area contributed by atoms with E-state index < -0.39 is 22.9 Å². The van der Waals surface area contributed by atoms with E-state index in [1.165, 1.54) is 13.2 Å². The lowest BCUT2D eigenvalue weighted by Crippen LogP contribution is -2.09. The maximum atomic E-state index is 13.3. The summed E-state index contributed by atoms with van der Waals surface area (Å²) in [6, 6.07) is 9.35. The van der Waals surface area contributed by atoms with E-state index in [1.807, 2.05) is 0 Å². The number of halogens is 5. The van der Waals surface area contributed by atoms with Crippen LogP contribution in [0, 0.1) is 5.82 Å². The zero-order valence-electron chi connectivity index (χ0n) is 10.9. The van der Waals surface area contributed by atoms with Crippen LogP contribution >= 0.6 is 11.6 Å². The Hall–Kier alpha value is -1.75. The van der Waals surface area contributed by atoms with Crippen LogP contribution in [-0.4, -0.2) is 7.11 Å². The van der Waals surface area contributed by atoms with Crippen molar-refractivity contribution in [2.24, 2.45) is 0 Å². The summed E-state index contributed by atoms with van der Waals surface area (Å²) in [5.74, 6) is -0.706. The molecule has 0 heterocycles. The number of rotatable bonds is 3.